The summed E-state index contributed by atoms with van der Waals surface area (Å²) >= 11 is 4.65. The molecule has 0 saturated carbocycles. The van der Waals surface area contributed by atoms with Gasteiger partial charge < -0.3 is 4.74 Å². The molecule has 0 saturated heterocycles. The van der Waals surface area contributed by atoms with Crippen LogP contribution in [0.2, 0.25) is 0 Å². The summed E-state index contributed by atoms with van der Waals surface area (Å²) in [5.74, 6) is 0.281. The van der Waals surface area contributed by atoms with Crippen molar-refractivity contribution in [2.24, 2.45) is 0 Å². The Labute approximate surface area is 87.3 Å². The van der Waals surface area contributed by atoms with Gasteiger partial charge in [0.1, 0.15) is 11.6 Å². The van der Waals surface area contributed by atoms with Gasteiger partial charge in [-0.15, -0.1) is 11.3 Å². The fraction of sp³-hybridized carbons (Fsp3) is 0.111. The number of halogens is 2. The van der Waals surface area contributed by atoms with Gasteiger partial charge in [-0.3, -0.25) is 0 Å². The maximum atomic E-state index is 13.6. The Morgan fingerprint density at radius 1 is 1.54 bits per heavy atom. The lowest BCUT2D eigenvalue weighted by Gasteiger charge is -2.04. The lowest BCUT2D eigenvalue weighted by molar-refractivity contribution is 0.409. The van der Waals surface area contributed by atoms with Gasteiger partial charge in [0, 0.05) is 10.1 Å². The van der Waals surface area contributed by atoms with Gasteiger partial charge in [-0.25, -0.2) is 4.39 Å². The van der Waals surface area contributed by atoms with Crippen LogP contribution in [0.1, 0.15) is 0 Å². The Morgan fingerprint density at radius 2 is 2.31 bits per heavy atom. The second-order valence-corrected chi connectivity index (χ2v) is 4.28. The Kier molecular flexibility index (Phi) is 2.26. The van der Waals surface area contributed by atoms with E-state index >= 15 is 0 Å². The zero-order chi connectivity index (χ0) is 9.42. The van der Waals surface area contributed by atoms with Crippen molar-refractivity contribution in [3.63, 3.8) is 0 Å². The fourth-order valence-electron chi connectivity index (χ4n) is 1.17. The summed E-state index contributed by atoms with van der Waals surface area (Å²) in [4.78, 5) is 0. The molecule has 0 N–H and O–H groups in total. The number of benzene rings is 1. The van der Waals surface area contributed by atoms with Crippen molar-refractivity contribution in [2.45, 2.75) is 0 Å². The lowest BCUT2D eigenvalue weighted by atomic mass is 10.2. The average molecular weight is 261 g/mol. The van der Waals surface area contributed by atoms with E-state index in [0.29, 0.717) is 15.6 Å². The van der Waals surface area contributed by atoms with E-state index in [-0.39, 0.29) is 5.82 Å². The summed E-state index contributed by atoms with van der Waals surface area (Å²) in [6.07, 6.45) is 0. The Bertz CT molecular complexity index is 452. The summed E-state index contributed by atoms with van der Waals surface area (Å²) in [7, 11) is 1.53. The van der Waals surface area contributed by atoms with Gasteiger partial charge in [-0.05, 0) is 33.4 Å². The summed E-state index contributed by atoms with van der Waals surface area (Å²) < 4.78 is 19.9. The van der Waals surface area contributed by atoms with Crippen LogP contribution in [0.5, 0.6) is 5.75 Å². The molecule has 68 valence electrons. The number of rotatable bonds is 1. The van der Waals surface area contributed by atoms with E-state index in [1.165, 1.54) is 18.4 Å². The molecule has 2 rings (SSSR count). The number of hydrogen-bond acceptors (Lipinski definition) is 2. The first kappa shape index (κ1) is 8.97. The first-order valence-electron chi connectivity index (χ1n) is 3.63. The van der Waals surface area contributed by atoms with Crippen molar-refractivity contribution in [1.29, 1.82) is 0 Å². The number of thiophene rings is 1. The van der Waals surface area contributed by atoms with E-state index in [0.717, 1.165) is 4.70 Å². The van der Waals surface area contributed by atoms with E-state index < -0.39 is 0 Å². The molecule has 0 bridgehead atoms. The molecule has 0 amide bonds. The van der Waals surface area contributed by atoms with Gasteiger partial charge in [0.2, 0.25) is 0 Å². The molecule has 0 radical (unpaired) electrons. The van der Waals surface area contributed by atoms with Gasteiger partial charge in [0.25, 0.3) is 0 Å². The molecule has 1 aromatic heterocycles. The van der Waals surface area contributed by atoms with Crippen molar-refractivity contribution in [3.05, 3.63) is 27.8 Å². The fourth-order valence-corrected chi connectivity index (χ4v) is 2.47. The Morgan fingerprint density at radius 3 is 3.00 bits per heavy atom. The number of methoxy groups -OCH3 is 1. The Hall–Kier alpha value is -0.610. The maximum absolute atomic E-state index is 13.6. The molecule has 0 aliphatic carbocycles. The SMILES string of the molecule is COc1cc2sccc2c(F)c1Br. The van der Waals surface area contributed by atoms with E-state index in [2.05, 4.69) is 15.9 Å². The molecule has 1 heterocycles. The van der Waals surface area contributed by atoms with Gasteiger partial charge in [-0.1, -0.05) is 0 Å². The van der Waals surface area contributed by atoms with Crippen molar-refractivity contribution in [2.75, 3.05) is 7.11 Å². The van der Waals surface area contributed by atoms with E-state index in [4.69, 9.17) is 4.74 Å². The summed E-state index contributed by atoms with van der Waals surface area (Å²) in [6, 6.07) is 3.59. The smallest absolute Gasteiger partial charge is 0.149 e. The van der Waals surface area contributed by atoms with Crippen LogP contribution in [0, 0.1) is 5.82 Å². The van der Waals surface area contributed by atoms with Crippen molar-refractivity contribution in [3.8, 4) is 5.75 Å². The molecule has 1 aromatic carbocycles. The molecule has 4 heteroatoms. The molecule has 0 fully saturated rings. The minimum Gasteiger partial charge on any atom is -0.495 e. The first-order valence-corrected chi connectivity index (χ1v) is 5.30. The highest BCUT2D eigenvalue weighted by Crippen LogP contribution is 2.36. The van der Waals surface area contributed by atoms with Crippen LogP contribution in [0.4, 0.5) is 4.39 Å². The van der Waals surface area contributed by atoms with E-state index in [1.54, 1.807) is 6.07 Å². The normalized spacial score (nSPS) is 10.7. The zero-order valence-electron chi connectivity index (χ0n) is 6.80. The Balaban J connectivity index is 2.83. The van der Waals surface area contributed by atoms with Crippen molar-refractivity contribution in [1.82, 2.24) is 0 Å². The average Bonchev–Trinajstić information content (AvgIpc) is 2.59. The third kappa shape index (κ3) is 1.34. The van der Waals surface area contributed by atoms with Gasteiger partial charge in [-0.2, -0.15) is 0 Å². The third-order valence-corrected chi connectivity index (χ3v) is 3.43. The first-order chi connectivity index (χ1) is 6.24. The summed E-state index contributed by atoms with van der Waals surface area (Å²) in [6.45, 7) is 0. The largest absolute Gasteiger partial charge is 0.495 e. The van der Waals surface area contributed by atoms with Crippen LogP contribution in [0.25, 0.3) is 10.1 Å². The maximum Gasteiger partial charge on any atom is 0.149 e. The minimum atomic E-state index is -0.254. The molecule has 1 nitrogen and oxygen atoms in total. The van der Waals surface area contributed by atoms with Crippen LogP contribution in [0.15, 0.2) is 22.0 Å². The second-order valence-electron chi connectivity index (χ2n) is 2.54. The predicted molar refractivity (Wildman–Crippen MR) is 56.0 cm³/mol. The predicted octanol–water partition coefficient (Wildman–Crippen LogP) is 3.81. The highest BCUT2D eigenvalue weighted by molar-refractivity contribution is 9.10. The van der Waals surface area contributed by atoms with Crippen molar-refractivity contribution < 1.29 is 9.13 Å². The van der Waals surface area contributed by atoms with Crippen molar-refractivity contribution >= 4 is 37.4 Å². The quantitative estimate of drug-likeness (QED) is 0.758. The molecule has 0 aliphatic heterocycles. The van der Waals surface area contributed by atoms with Crippen LogP contribution in [0.3, 0.4) is 0 Å². The summed E-state index contributed by atoms with van der Waals surface area (Å²) in [5.41, 5.74) is 0. The standard InChI is InChI=1S/C9H6BrFOS/c1-12-6-4-7-5(2-3-13-7)9(11)8(6)10/h2-4H,1H3. The molecule has 0 atom stereocenters. The highest BCUT2D eigenvalue weighted by Gasteiger charge is 2.11. The molecule has 0 aliphatic rings. The molecule has 2 aromatic rings. The second kappa shape index (κ2) is 3.27. The number of hydrogen-bond donors (Lipinski definition) is 0. The van der Waals surface area contributed by atoms with Gasteiger partial charge in [0.15, 0.2) is 0 Å². The molecular weight excluding hydrogens is 255 g/mol. The van der Waals surface area contributed by atoms with Crippen LogP contribution in [-0.2, 0) is 0 Å². The molecule has 13 heavy (non-hydrogen) atoms. The molecular formula is C9H6BrFOS. The molecule has 0 unspecified atom stereocenters. The number of fused-ring (bicyclic) bond motifs is 1. The number of ether oxygens (including phenoxy) is 1. The van der Waals surface area contributed by atoms with E-state index in [9.17, 15) is 4.39 Å². The third-order valence-electron chi connectivity index (χ3n) is 1.82. The van der Waals surface area contributed by atoms with Crippen LogP contribution in [-0.4, -0.2) is 7.11 Å². The van der Waals surface area contributed by atoms with Crippen LogP contribution < -0.4 is 4.74 Å². The zero-order valence-corrected chi connectivity index (χ0v) is 9.21. The van der Waals surface area contributed by atoms with Crippen LogP contribution >= 0.6 is 27.3 Å². The van der Waals surface area contributed by atoms with E-state index in [1.807, 2.05) is 11.4 Å². The van der Waals surface area contributed by atoms with Gasteiger partial charge in [0.05, 0.1) is 11.6 Å². The minimum absolute atomic E-state index is 0.254. The summed E-state index contributed by atoms with van der Waals surface area (Å²) in [5, 5.41) is 2.50. The monoisotopic (exact) mass is 260 g/mol. The highest BCUT2D eigenvalue weighted by atomic mass is 79.9. The molecule has 0 spiro atoms. The van der Waals surface area contributed by atoms with Gasteiger partial charge >= 0.3 is 0 Å². The topological polar surface area (TPSA) is 9.23 Å². The lowest BCUT2D eigenvalue weighted by Crippen LogP contribution is -1.87.